The molecule has 0 spiro atoms. The number of furan rings is 1. The molecular formula is C21H28N2O6. The molecule has 0 atom stereocenters. The highest BCUT2D eigenvalue weighted by atomic mass is 16.5. The van der Waals surface area contributed by atoms with E-state index in [1.807, 2.05) is 6.92 Å². The van der Waals surface area contributed by atoms with E-state index in [9.17, 15) is 14.4 Å². The second kappa shape index (κ2) is 10.1. The van der Waals surface area contributed by atoms with Gasteiger partial charge in [-0.2, -0.15) is 0 Å². The Kier molecular flexibility index (Phi) is 7.78. The molecule has 2 rings (SSSR count). The third kappa shape index (κ3) is 4.95. The Morgan fingerprint density at radius 3 is 2.55 bits per heavy atom. The standard InChI is InChI=1S/C21H28N2O6/c1-6-28-11-8-10-23(20(25)17-9-7-12-29-17)13-16(24)18-14(2)19(21(26)27-5)22(4)15(18)3/h7,9,12H,6,8,10-11,13H2,1-5H3. The SMILES string of the molecule is CCOCCCN(CC(=O)c1c(C)c(C(=O)OC)n(C)c1C)C(=O)c1ccco1. The monoisotopic (exact) mass is 404 g/mol. The highest BCUT2D eigenvalue weighted by Crippen LogP contribution is 2.23. The highest BCUT2D eigenvalue weighted by Gasteiger charge is 2.28. The van der Waals surface area contributed by atoms with Gasteiger partial charge in [0.25, 0.3) is 5.91 Å². The number of amides is 1. The molecule has 0 aromatic carbocycles. The van der Waals surface area contributed by atoms with E-state index < -0.39 is 5.97 Å². The van der Waals surface area contributed by atoms with Crippen molar-refractivity contribution in [2.45, 2.75) is 27.2 Å². The van der Waals surface area contributed by atoms with Crippen molar-refractivity contribution in [2.75, 3.05) is 33.4 Å². The van der Waals surface area contributed by atoms with Crippen LogP contribution in [0.4, 0.5) is 0 Å². The van der Waals surface area contributed by atoms with E-state index in [0.29, 0.717) is 48.7 Å². The summed E-state index contributed by atoms with van der Waals surface area (Å²) in [7, 11) is 3.01. The summed E-state index contributed by atoms with van der Waals surface area (Å²) < 4.78 is 17.0. The maximum absolute atomic E-state index is 13.1. The zero-order valence-electron chi connectivity index (χ0n) is 17.6. The number of Topliss-reactive ketones (excluding diaryl/α,β-unsaturated/α-hetero) is 1. The molecule has 0 radical (unpaired) electrons. The van der Waals surface area contributed by atoms with E-state index in [1.165, 1.54) is 18.3 Å². The first-order chi connectivity index (χ1) is 13.8. The molecule has 0 aliphatic rings. The first kappa shape index (κ1) is 22.4. The molecule has 29 heavy (non-hydrogen) atoms. The Morgan fingerprint density at radius 1 is 1.24 bits per heavy atom. The summed E-state index contributed by atoms with van der Waals surface area (Å²) in [4.78, 5) is 39.4. The zero-order valence-corrected chi connectivity index (χ0v) is 17.6. The van der Waals surface area contributed by atoms with Crippen LogP contribution in [0, 0.1) is 13.8 Å². The summed E-state index contributed by atoms with van der Waals surface area (Å²) in [5, 5.41) is 0. The third-order valence-corrected chi connectivity index (χ3v) is 4.86. The van der Waals surface area contributed by atoms with E-state index in [-0.39, 0.29) is 24.0 Å². The van der Waals surface area contributed by atoms with Crippen LogP contribution < -0.4 is 0 Å². The smallest absolute Gasteiger partial charge is 0.354 e. The van der Waals surface area contributed by atoms with Crippen LogP contribution in [0.5, 0.6) is 0 Å². The molecule has 8 nitrogen and oxygen atoms in total. The number of carbonyl (C=O) groups excluding carboxylic acids is 3. The molecule has 0 aliphatic carbocycles. The number of esters is 1. The van der Waals surface area contributed by atoms with Crippen molar-refractivity contribution in [2.24, 2.45) is 7.05 Å². The van der Waals surface area contributed by atoms with Gasteiger partial charge in [0.05, 0.1) is 19.9 Å². The number of nitrogens with zero attached hydrogens (tertiary/aromatic N) is 2. The summed E-state index contributed by atoms with van der Waals surface area (Å²) >= 11 is 0. The van der Waals surface area contributed by atoms with Crippen LogP contribution in [0.1, 0.15) is 56.0 Å². The zero-order chi connectivity index (χ0) is 21.6. The Morgan fingerprint density at radius 2 is 1.97 bits per heavy atom. The van der Waals surface area contributed by atoms with Crippen LogP contribution in [0.3, 0.4) is 0 Å². The number of hydrogen-bond acceptors (Lipinski definition) is 6. The van der Waals surface area contributed by atoms with Crippen molar-refractivity contribution in [1.29, 1.82) is 0 Å². The first-order valence-electron chi connectivity index (χ1n) is 9.51. The minimum Gasteiger partial charge on any atom is -0.464 e. The minimum atomic E-state index is -0.507. The van der Waals surface area contributed by atoms with Crippen molar-refractivity contribution in [1.82, 2.24) is 9.47 Å². The molecule has 0 N–H and O–H groups in total. The van der Waals surface area contributed by atoms with Gasteiger partial charge in [0.2, 0.25) is 0 Å². The van der Waals surface area contributed by atoms with Crippen molar-refractivity contribution >= 4 is 17.7 Å². The summed E-state index contributed by atoms with van der Waals surface area (Å²) in [5.41, 5.74) is 1.94. The van der Waals surface area contributed by atoms with Crippen molar-refractivity contribution in [3.63, 3.8) is 0 Å². The van der Waals surface area contributed by atoms with E-state index >= 15 is 0 Å². The van der Waals surface area contributed by atoms with Crippen LogP contribution in [-0.4, -0.2) is 60.5 Å². The molecule has 0 aliphatic heterocycles. The van der Waals surface area contributed by atoms with Gasteiger partial charge in [-0.3, -0.25) is 9.59 Å². The van der Waals surface area contributed by atoms with Gasteiger partial charge in [0.15, 0.2) is 11.5 Å². The fourth-order valence-corrected chi connectivity index (χ4v) is 3.34. The van der Waals surface area contributed by atoms with Crippen LogP contribution in [0.25, 0.3) is 0 Å². The summed E-state index contributed by atoms with van der Waals surface area (Å²) in [6, 6.07) is 3.19. The molecule has 0 unspecified atom stereocenters. The van der Waals surface area contributed by atoms with Gasteiger partial charge < -0.3 is 23.4 Å². The Balaban J connectivity index is 2.27. The molecule has 158 valence electrons. The fourth-order valence-electron chi connectivity index (χ4n) is 3.34. The van der Waals surface area contributed by atoms with E-state index in [4.69, 9.17) is 13.9 Å². The van der Waals surface area contributed by atoms with E-state index in [1.54, 1.807) is 37.6 Å². The van der Waals surface area contributed by atoms with Gasteiger partial charge in [-0.05, 0) is 44.9 Å². The lowest BCUT2D eigenvalue weighted by Gasteiger charge is -2.21. The summed E-state index contributed by atoms with van der Waals surface area (Å²) in [6.45, 7) is 6.67. The molecule has 0 saturated heterocycles. The molecule has 1 amide bonds. The normalized spacial score (nSPS) is 10.8. The quantitative estimate of drug-likeness (QED) is 0.344. The average Bonchev–Trinajstić information content (AvgIpc) is 3.31. The van der Waals surface area contributed by atoms with Crippen LogP contribution in [-0.2, 0) is 16.5 Å². The number of carbonyl (C=O) groups is 3. The van der Waals surface area contributed by atoms with Crippen molar-refractivity contribution in [3.8, 4) is 0 Å². The van der Waals surface area contributed by atoms with Gasteiger partial charge in [-0.15, -0.1) is 0 Å². The first-order valence-corrected chi connectivity index (χ1v) is 9.51. The van der Waals surface area contributed by atoms with E-state index in [2.05, 4.69) is 0 Å². The minimum absolute atomic E-state index is 0.127. The topological polar surface area (TPSA) is 91.0 Å². The average molecular weight is 404 g/mol. The Labute approximate surface area is 170 Å². The molecule has 0 bridgehead atoms. The van der Waals surface area contributed by atoms with Gasteiger partial charge in [0, 0.05) is 38.1 Å². The van der Waals surface area contributed by atoms with Crippen LogP contribution in [0.15, 0.2) is 22.8 Å². The van der Waals surface area contributed by atoms with Crippen molar-refractivity contribution < 1.29 is 28.3 Å². The highest BCUT2D eigenvalue weighted by molar-refractivity contribution is 6.05. The molecule has 8 heteroatoms. The van der Waals surface area contributed by atoms with E-state index in [0.717, 1.165) is 0 Å². The predicted molar refractivity (Wildman–Crippen MR) is 106 cm³/mol. The lowest BCUT2D eigenvalue weighted by molar-refractivity contribution is 0.0588. The Bertz CT molecular complexity index is 866. The number of aromatic nitrogens is 1. The third-order valence-electron chi connectivity index (χ3n) is 4.86. The Hall–Kier alpha value is -2.87. The van der Waals surface area contributed by atoms with Gasteiger partial charge in [-0.1, -0.05) is 0 Å². The number of rotatable bonds is 10. The molecular weight excluding hydrogens is 376 g/mol. The lowest BCUT2D eigenvalue weighted by atomic mass is 10.0. The van der Waals surface area contributed by atoms with Gasteiger partial charge in [0.1, 0.15) is 5.69 Å². The van der Waals surface area contributed by atoms with Crippen molar-refractivity contribution in [3.05, 3.63) is 46.7 Å². The van der Waals surface area contributed by atoms with Gasteiger partial charge in [-0.25, -0.2) is 4.79 Å². The van der Waals surface area contributed by atoms with Gasteiger partial charge >= 0.3 is 5.97 Å². The maximum Gasteiger partial charge on any atom is 0.354 e. The predicted octanol–water partition coefficient (Wildman–Crippen LogP) is 2.77. The molecule has 2 heterocycles. The second-order valence-corrected chi connectivity index (χ2v) is 6.66. The second-order valence-electron chi connectivity index (χ2n) is 6.66. The fraction of sp³-hybridized carbons (Fsp3) is 0.476. The van der Waals surface area contributed by atoms with Crippen LogP contribution in [0.2, 0.25) is 0 Å². The lowest BCUT2D eigenvalue weighted by Crippen LogP contribution is -2.37. The number of ketones is 1. The largest absolute Gasteiger partial charge is 0.464 e. The number of hydrogen-bond donors (Lipinski definition) is 0. The number of ether oxygens (including phenoxy) is 2. The number of methoxy groups -OCH3 is 1. The maximum atomic E-state index is 13.1. The van der Waals surface area contributed by atoms with Crippen LogP contribution >= 0.6 is 0 Å². The molecule has 2 aromatic heterocycles. The molecule has 0 saturated carbocycles. The summed E-state index contributed by atoms with van der Waals surface area (Å²) in [5.74, 6) is -0.945. The molecule has 2 aromatic rings. The summed E-state index contributed by atoms with van der Waals surface area (Å²) in [6.07, 6.45) is 2.01. The molecule has 0 fully saturated rings.